The number of ether oxygens (including phenoxy) is 2. The van der Waals surface area contributed by atoms with Crippen molar-refractivity contribution in [2.24, 2.45) is 0 Å². The number of methoxy groups -OCH3 is 2. The average Bonchev–Trinajstić information content (AvgIpc) is 2.83. The molecule has 31 heavy (non-hydrogen) atoms. The number of rotatable bonds is 10. The van der Waals surface area contributed by atoms with Crippen LogP contribution in [0.25, 0.3) is 0 Å². The Labute approximate surface area is 183 Å². The van der Waals surface area contributed by atoms with Gasteiger partial charge < -0.3 is 14.4 Å². The molecule has 0 saturated heterocycles. The first-order valence-corrected chi connectivity index (χ1v) is 10.3. The lowest BCUT2D eigenvalue weighted by Gasteiger charge is -2.36. The van der Waals surface area contributed by atoms with E-state index < -0.39 is 5.60 Å². The van der Waals surface area contributed by atoms with Crippen LogP contribution in [0, 0.1) is 5.82 Å². The molecule has 0 aliphatic heterocycles. The summed E-state index contributed by atoms with van der Waals surface area (Å²) in [5, 5.41) is 0. The first-order chi connectivity index (χ1) is 15.1. The van der Waals surface area contributed by atoms with E-state index in [1.165, 1.54) is 19.2 Å². The Morgan fingerprint density at radius 1 is 0.839 bits per heavy atom. The molecular weight excluding hydrogens is 393 g/mol. The SMILES string of the molecule is COC(=O)CC[C@](CCN(c1ccccc1)c1ccccc1)(OC)c1ccc(F)cc1. The number of hydrogen-bond donors (Lipinski definition) is 0. The number of nitrogens with zero attached hydrogens (tertiary/aromatic N) is 1. The molecule has 0 aliphatic rings. The van der Waals surface area contributed by atoms with Gasteiger partial charge in [-0.2, -0.15) is 0 Å². The zero-order chi connectivity index (χ0) is 22.1. The van der Waals surface area contributed by atoms with Crippen LogP contribution in [-0.4, -0.2) is 26.7 Å². The summed E-state index contributed by atoms with van der Waals surface area (Å²) in [6.45, 7) is 0.639. The van der Waals surface area contributed by atoms with Crippen LogP contribution >= 0.6 is 0 Å². The fourth-order valence-corrected chi connectivity index (χ4v) is 3.81. The number of carbonyl (C=O) groups excluding carboxylic acids is 1. The minimum Gasteiger partial charge on any atom is -0.469 e. The average molecular weight is 422 g/mol. The molecule has 5 heteroatoms. The second-order valence-electron chi connectivity index (χ2n) is 7.35. The Morgan fingerprint density at radius 3 is 1.87 bits per heavy atom. The normalized spacial score (nSPS) is 12.7. The van der Waals surface area contributed by atoms with Gasteiger partial charge in [-0.1, -0.05) is 48.5 Å². The van der Waals surface area contributed by atoms with Crippen molar-refractivity contribution in [1.82, 2.24) is 0 Å². The van der Waals surface area contributed by atoms with E-state index in [0.29, 0.717) is 19.4 Å². The van der Waals surface area contributed by atoms with E-state index in [9.17, 15) is 9.18 Å². The minimum atomic E-state index is -0.760. The molecule has 3 rings (SSSR count). The number of halogens is 1. The van der Waals surface area contributed by atoms with Crippen LogP contribution in [0.1, 0.15) is 24.8 Å². The summed E-state index contributed by atoms with van der Waals surface area (Å²) >= 11 is 0. The van der Waals surface area contributed by atoms with Crippen molar-refractivity contribution >= 4 is 17.3 Å². The van der Waals surface area contributed by atoms with Gasteiger partial charge in [-0.25, -0.2) is 4.39 Å². The van der Waals surface area contributed by atoms with Crippen LogP contribution < -0.4 is 4.90 Å². The van der Waals surface area contributed by atoms with Crippen molar-refractivity contribution in [3.8, 4) is 0 Å². The van der Waals surface area contributed by atoms with E-state index >= 15 is 0 Å². The molecule has 0 amide bonds. The van der Waals surface area contributed by atoms with Crippen molar-refractivity contribution in [1.29, 1.82) is 0 Å². The largest absolute Gasteiger partial charge is 0.469 e. The van der Waals surface area contributed by atoms with Gasteiger partial charge in [-0.3, -0.25) is 4.79 Å². The minimum absolute atomic E-state index is 0.207. The summed E-state index contributed by atoms with van der Waals surface area (Å²) in [6, 6.07) is 26.6. The highest BCUT2D eigenvalue weighted by Gasteiger charge is 2.33. The smallest absolute Gasteiger partial charge is 0.305 e. The number of esters is 1. The molecule has 3 aromatic rings. The molecule has 0 bridgehead atoms. The first kappa shape index (κ1) is 22.5. The lowest BCUT2D eigenvalue weighted by molar-refractivity contribution is -0.142. The van der Waals surface area contributed by atoms with E-state index in [-0.39, 0.29) is 18.2 Å². The molecule has 0 fully saturated rings. The van der Waals surface area contributed by atoms with Gasteiger partial charge in [0.2, 0.25) is 0 Å². The Bertz CT molecular complexity index is 908. The van der Waals surface area contributed by atoms with Gasteiger partial charge >= 0.3 is 5.97 Å². The van der Waals surface area contributed by atoms with E-state index in [1.54, 1.807) is 19.2 Å². The molecule has 162 valence electrons. The van der Waals surface area contributed by atoms with Gasteiger partial charge in [-0.05, 0) is 54.8 Å². The zero-order valence-corrected chi connectivity index (χ0v) is 18.0. The topological polar surface area (TPSA) is 38.8 Å². The molecule has 4 nitrogen and oxygen atoms in total. The van der Waals surface area contributed by atoms with Crippen LogP contribution in [0.4, 0.5) is 15.8 Å². The van der Waals surface area contributed by atoms with Crippen molar-refractivity contribution in [2.75, 3.05) is 25.7 Å². The van der Waals surface area contributed by atoms with Gasteiger partial charge in [0.05, 0.1) is 12.7 Å². The van der Waals surface area contributed by atoms with Crippen molar-refractivity contribution in [3.63, 3.8) is 0 Å². The lowest BCUT2D eigenvalue weighted by atomic mass is 9.85. The summed E-state index contributed by atoms with van der Waals surface area (Å²) in [4.78, 5) is 14.1. The Hall–Kier alpha value is -3.18. The van der Waals surface area contributed by atoms with Crippen LogP contribution in [0.3, 0.4) is 0 Å². The van der Waals surface area contributed by atoms with E-state index in [0.717, 1.165) is 16.9 Å². The summed E-state index contributed by atoms with van der Waals surface area (Å²) < 4.78 is 24.4. The highest BCUT2D eigenvalue weighted by molar-refractivity contribution is 5.69. The predicted molar refractivity (Wildman–Crippen MR) is 121 cm³/mol. The second kappa shape index (κ2) is 10.7. The summed E-state index contributed by atoms with van der Waals surface area (Å²) in [6.07, 6.45) is 1.23. The van der Waals surface area contributed by atoms with Crippen LogP contribution in [0.5, 0.6) is 0 Å². The van der Waals surface area contributed by atoms with Crippen LogP contribution in [-0.2, 0) is 19.9 Å². The summed E-state index contributed by atoms with van der Waals surface area (Å²) in [7, 11) is 3.01. The van der Waals surface area contributed by atoms with Gasteiger partial charge in [-0.15, -0.1) is 0 Å². The maximum atomic E-state index is 13.6. The van der Waals surface area contributed by atoms with Crippen molar-refractivity contribution in [3.05, 3.63) is 96.3 Å². The molecule has 0 heterocycles. The molecule has 0 unspecified atom stereocenters. The Morgan fingerprint density at radius 2 is 1.39 bits per heavy atom. The standard InChI is InChI=1S/C26H28FNO3/c1-30-25(29)17-18-26(31-2,21-13-15-22(27)16-14-21)19-20-28(23-9-5-3-6-10-23)24-11-7-4-8-12-24/h3-16H,17-20H2,1-2H3/t26-/m1/s1. The van der Waals surface area contributed by atoms with Crippen molar-refractivity contribution < 1.29 is 18.7 Å². The monoisotopic (exact) mass is 421 g/mol. The highest BCUT2D eigenvalue weighted by atomic mass is 19.1. The third kappa shape index (κ3) is 5.70. The molecule has 0 aliphatic carbocycles. The molecule has 0 spiro atoms. The zero-order valence-electron chi connectivity index (χ0n) is 18.0. The lowest BCUT2D eigenvalue weighted by Crippen LogP contribution is -2.34. The van der Waals surface area contributed by atoms with Gasteiger partial charge in [0.15, 0.2) is 0 Å². The van der Waals surface area contributed by atoms with Gasteiger partial charge in [0.1, 0.15) is 5.82 Å². The van der Waals surface area contributed by atoms with Gasteiger partial charge in [0.25, 0.3) is 0 Å². The molecular formula is C26H28FNO3. The van der Waals surface area contributed by atoms with Crippen LogP contribution in [0.15, 0.2) is 84.9 Å². The summed E-state index contributed by atoms with van der Waals surface area (Å²) in [5.74, 6) is -0.608. The number of para-hydroxylation sites is 2. The number of anilines is 2. The molecule has 0 radical (unpaired) electrons. The number of benzene rings is 3. The second-order valence-corrected chi connectivity index (χ2v) is 7.35. The molecule has 3 aromatic carbocycles. The predicted octanol–water partition coefficient (Wildman–Crippen LogP) is 5.85. The Kier molecular flexibility index (Phi) is 7.79. The van der Waals surface area contributed by atoms with Crippen molar-refractivity contribution in [2.45, 2.75) is 24.9 Å². The van der Waals surface area contributed by atoms with E-state index in [2.05, 4.69) is 29.2 Å². The quantitative estimate of drug-likeness (QED) is 0.385. The first-order valence-electron chi connectivity index (χ1n) is 10.3. The highest BCUT2D eigenvalue weighted by Crippen LogP contribution is 2.36. The maximum Gasteiger partial charge on any atom is 0.305 e. The fraction of sp³-hybridized carbons (Fsp3) is 0.269. The summed E-state index contributed by atoms with van der Waals surface area (Å²) in [5.41, 5.74) is 2.20. The number of hydrogen-bond acceptors (Lipinski definition) is 4. The Balaban J connectivity index is 1.92. The third-order valence-electron chi connectivity index (χ3n) is 5.60. The number of carbonyl (C=O) groups is 1. The van der Waals surface area contributed by atoms with E-state index in [4.69, 9.17) is 9.47 Å². The fourth-order valence-electron chi connectivity index (χ4n) is 3.81. The third-order valence-corrected chi connectivity index (χ3v) is 5.60. The molecule has 1 atom stereocenters. The molecule has 0 aromatic heterocycles. The van der Waals surface area contributed by atoms with Crippen LogP contribution in [0.2, 0.25) is 0 Å². The molecule has 0 saturated carbocycles. The van der Waals surface area contributed by atoms with E-state index in [1.807, 2.05) is 36.4 Å². The molecule has 0 N–H and O–H groups in total. The van der Waals surface area contributed by atoms with Gasteiger partial charge in [0, 0.05) is 31.5 Å². The maximum absolute atomic E-state index is 13.6.